The van der Waals surface area contributed by atoms with Crippen LogP contribution in [-0.2, 0) is 19.1 Å². The first-order valence-electron chi connectivity index (χ1n) is 6.90. The van der Waals surface area contributed by atoms with E-state index in [1.54, 1.807) is 11.8 Å². The van der Waals surface area contributed by atoms with E-state index in [-0.39, 0.29) is 31.4 Å². The molecule has 1 aromatic rings. The maximum atomic E-state index is 12.0. The number of nitrogens with one attached hydrogen (secondary N) is 1. The van der Waals surface area contributed by atoms with Gasteiger partial charge in [0, 0.05) is 18.7 Å². The maximum Gasteiger partial charge on any atom is 0.325 e. The van der Waals surface area contributed by atoms with E-state index < -0.39 is 11.9 Å². The molecule has 1 unspecified atom stereocenters. The highest BCUT2D eigenvalue weighted by molar-refractivity contribution is 6.00. The molecule has 1 N–H and O–H groups in total. The Bertz CT molecular complexity index is 530. The number of hydrogen-bond donors (Lipinski definition) is 1. The van der Waals surface area contributed by atoms with Gasteiger partial charge in [0.2, 0.25) is 11.8 Å². The standard InChI is InChI=1S/C15H18N2O4/c1-2-21-14(19)9-16-15(20)11-8-13(18)17(10-11)12-6-4-3-5-7-12/h3-7,11H,2,8-10H2,1H3,(H,16,20). The topological polar surface area (TPSA) is 75.7 Å². The highest BCUT2D eigenvalue weighted by Gasteiger charge is 2.35. The molecule has 1 aromatic carbocycles. The lowest BCUT2D eigenvalue weighted by molar-refractivity contribution is -0.143. The van der Waals surface area contributed by atoms with Crippen LogP contribution >= 0.6 is 0 Å². The highest BCUT2D eigenvalue weighted by atomic mass is 16.5. The molecule has 21 heavy (non-hydrogen) atoms. The number of anilines is 1. The molecule has 1 fully saturated rings. The zero-order valence-electron chi connectivity index (χ0n) is 11.9. The number of benzene rings is 1. The van der Waals surface area contributed by atoms with E-state index in [0.29, 0.717) is 6.54 Å². The first kappa shape index (κ1) is 15.0. The molecule has 0 radical (unpaired) electrons. The van der Waals surface area contributed by atoms with Gasteiger partial charge in [0.15, 0.2) is 0 Å². The Balaban J connectivity index is 1.90. The van der Waals surface area contributed by atoms with Crippen molar-refractivity contribution in [3.63, 3.8) is 0 Å². The molecule has 0 bridgehead atoms. The van der Waals surface area contributed by atoms with E-state index in [2.05, 4.69) is 5.32 Å². The molecule has 0 aromatic heterocycles. The highest BCUT2D eigenvalue weighted by Crippen LogP contribution is 2.24. The van der Waals surface area contributed by atoms with Crippen molar-refractivity contribution in [1.82, 2.24) is 5.32 Å². The lowest BCUT2D eigenvalue weighted by Gasteiger charge is -2.16. The Labute approximate surface area is 123 Å². The lowest BCUT2D eigenvalue weighted by Crippen LogP contribution is -2.36. The van der Waals surface area contributed by atoms with Crippen LogP contribution in [0.5, 0.6) is 0 Å². The zero-order valence-corrected chi connectivity index (χ0v) is 11.9. The molecule has 1 atom stereocenters. The average Bonchev–Trinajstić information content (AvgIpc) is 2.88. The van der Waals surface area contributed by atoms with Gasteiger partial charge in [-0.2, -0.15) is 0 Å². The van der Waals surface area contributed by atoms with E-state index in [0.717, 1.165) is 5.69 Å². The smallest absolute Gasteiger partial charge is 0.325 e. The SMILES string of the molecule is CCOC(=O)CNC(=O)C1CC(=O)N(c2ccccc2)C1. The number of carbonyl (C=O) groups is 3. The van der Waals surface area contributed by atoms with E-state index in [1.165, 1.54) is 0 Å². The quantitative estimate of drug-likeness (QED) is 0.811. The molecule has 1 saturated heterocycles. The number of para-hydroxylation sites is 1. The Kier molecular flexibility index (Phi) is 4.92. The lowest BCUT2D eigenvalue weighted by atomic mass is 10.1. The second-order valence-electron chi connectivity index (χ2n) is 4.76. The van der Waals surface area contributed by atoms with Gasteiger partial charge in [0.1, 0.15) is 6.54 Å². The number of amides is 2. The van der Waals surface area contributed by atoms with Crippen LogP contribution in [0.3, 0.4) is 0 Å². The van der Waals surface area contributed by atoms with Crippen LogP contribution in [0.1, 0.15) is 13.3 Å². The summed E-state index contributed by atoms with van der Waals surface area (Å²) in [6, 6.07) is 9.22. The number of nitrogens with zero attached hydrogens (tertiary/aromatic N) is 1. The number of ether oxygens (including phenoxy) is 1. The van der Waals surface area contributed by atoms with Crippen LogP contribution in [0.15, 0.2) is 30.3 Å². The Morgan fingerprint density at radius 3 is 2.71 bits per heavy atom. The van der Waals surface area contributed by atoms with Crippen molar-refractivity contribution in [1.29, 1.82) is 0 Å². The molecule has 112 valence electrons. The summed E-state index contributed by atoms with van der Waals surface area (Å²) in [5, 5.41) is 2.51. The first-order valence-corrected chi connectivity index (χ1v) is 6.90. The van der Waals surface area contributed by atoms with Crippen LogP contribution in [0.25, 0.3) is 0 Å². The molecule has 6 nitrogen and oxygen atoms in total. The summed E-state index contributed by atoms with van der Waals surface area (Å²) in [5.41, 5.74) is 0.781. The molecule has 0 saturated carbocycles. The molecule has 0 aliphatic carbocycles. The van der Waals surface area contributed by atoms with Crippen molar-refractivity contribution >= 4 is 23.5 Å². The van der Waals surface area contributed by atoms with Crippen LogP contribution in [0, 0.1) is 5.92 Å². The number of hydrogen-bond acceptors (Lipinski definition) is 4. The van der Waals surface area contributed by atoms with Gasteiger partial charge >= 0.3 is 5.97 Å². The monoisotopic (exact) mass is 290 g/mol. The van der Waals surface area contributed by atoms with Crippen LogP contribution in [0.4, 0.5) is 5.69 Å². The summed E-state index contributed by atoms with van der Waals surface area (Å²) in [5.74, 6) is -1.30. The Morgan fingerprint density at radius 2 is 2.05 bits per heavy atom. The van der Waals surface area contributed by atoms with Crippen molar-refractivity contribution in [2.24, 2.45) is 5.92 Å². The largest absolute Gasteiger partial charge is 0.465 e. The minimum Gasteiger partial charge on any atom is -0.465 e. The van der Waals surface area contributed by atoms with E-state index in [9.17, 15) is 14.4 Å². The molecular weight excluding hydrogens is 272 g/mol. The molecule has 2 amide bonds. The van der Waals surface area contributed by atoms with Crippen LogP contribution in [0.2, 0.25) is 0 Å². The fraction of sp³-hybridized carbons (Fsp3) is 0.400. The fourth-order valence-electron chi connectivity index (χ4n) is 2.26. The van der Waals surface area contributed by atoms with Crippen LogP contribution in [-0.4, -0.2) is 37.5 Å². The van der Waals surface area contributed by atoms with Crippen molar-refractivity contribution in [2.75, 3.05) is 24.6 Å². The number of rotatable bonds is 5. The van der Waals surface area contributed by atoms with Crippen molar-refractivity contribution in [3.05, 3.63) is 30.3 Å². The summed E-state index contributed by atoms with van der Waals surface area (Å²) in [4.78, 5) is 36.8. The van der Waals surface area contributed by atoms with Crippen LogP contribution < -0.4 is 10.2 Å². The van der Waals surface area contributed by atoms with Gasteiger partial charge in [-0.3, -0.25) is 14.4 Å². The Morgan fingerprint density at radius 1 is 1.33 bits per heavy atom. The molecule has 1 heterocycles. The van der Waals surface area contributed by atoms with Gasteiger partial charge in [0.05, 0.1) is 12.5 Å². The van der Waals surface area contributed by atoms with Gasteiger partial charge < -0.3 is 15.0 Å². The average molecular weight is 290 g/mol. The summed E-state index contributed by atoms with van der Waals surface area (Å²) < 4.78 is 4.74. The molecule has 1 aliphatic rings. The molecular formula is C15H18N2O4. The maximum absolute atomic E-state index is 12.0. The molecule has 2 rings (SSSR count). The third-order valence-corrected chi connectivity index (χ3v) is 3.28. The van der Waals surface area contributed by atoms with E-state index in [4.69, 9.17) is 4.74 Å². The number of carbonyl (C=O) groups excluding carboxylic acids is 3. The minimum atomic E-state index is -0.477. The second-order valence-corrected chi connectivity index (χ2v) is 4.76. The van der Waals surface area contributed by atoms with Crippen molar-refractivity contribution in [2.45, 2.75) is 13.3 Å². The molecule has 1 aliphatic heterocycles. The minimum absolute atomic E-state index is 0.0857. The first-order chi connectivity index (χ1) is 10.1. The zero-order chi connectivity index (χ0) is 15.2. The summed E-state index contributed by atoms with van der Waals surface area (Å²) in [7, 11) is 0. The molecule has 6 heteroatoms. The number of esters is 1. The third kappa shape index (κ3) is 3.81. The summed E-state index contributed by atoms with van der Waals surface area (Å²) in [6.07, 6.45) is 0.156. The fourth-order valence-corrected chi connectivity index (χ4v) is 2.26. The van der Waals surface area contributed by atoms with Gasteiger partial charge in [-0.05, 0) is 19.1 Å². The predicted molar refractivity (Wildman–Crippen MR) is 76.5 cm³/mol. The predicted octanol–water partition coefficient (Wildman–Crippen LogP) is 0.719. The van der Waals surface area contributed by atoms with Gasteiger partial charge in [-0.25, -0.2) is 0 Å². The third-order valence-electron chi connectivity index (χ3n) is 3.28. The van der Waals surface area contributed by atoms with Gasteiger partial charge in [0.25, 0.3) is 0 Å². The van der Waals surface area contributed by atoms with Crippen molar-refractivity contribution < 1.29 is 19.1 Å². The summed E-state index contributed by atoms with van der Waals surface area (Å²) in [6.45, 7) is 2.14. The molecule has 0 spiro atoms. The Hall–Kier alpha value is -2.37. The van der Waals surface area contributed by atoms with Crippen molar-refractivity contribution in [3.8, 4) is 0 Å². The van der Waals surface area contributed by atoms with Gasteiger partial charge in [-0.1, -0.05) is 18.2 Å². The second kappa shape index (κ2) is 6.88. The summed E-state index contributed by atoms with van der Waals surface area (Å²) >= 11 is 0. The van der Waals surface area contributed by atoms with E-state index in [1.807, 2.05) is 30.3 Å². The van der Waals surface area contributed by atoms with E-state index >= 15 is 0 Å². The van der Waals surface area contributed by atoms with Gasteiger partial charge in [-0.15, -0.1) is 0 Å². The normalized spacial score (nSPS) is 17.7.